The van der Waals surface area contributed by atoms with E-state index in [1.54, 1.807) is 0 Å². The van der Waals surface area contributed by atoms with Crippen molar-refractivity contribution in [2.75, 3.05) is 11.9 Å². The number of benzene rings is 1. The Balaban J connectivity index is 1.93. The van der Waals surface area contributed by atoms with Crippen molar-refractivity contribution in [3.63, 3.8) is 0 Å². The smallest absolute Gasteiger partial charge is 0.299 e. The highest BCUT2D eigenvalue weighted by Gasteiger charge is 2.23. The first-order chi connectivity index (χ1) is 9.24. The molecular formula is C14H17N3OS. The normalized spacial score (nSPS) is 22.7. The van der Waals surface area contributed by atoms with Crippen LogP contribution in [0.1, 0.15) is 30.9 Å². The average Bonchev–Trinajstić information content (AvgIpc) is 2.63. The Morgan fingerprint density at radius 3 is 3.11 bits per heavy atom. The largest absolute Gasteiger partial charge is 0.385 e. The lowest BCUT2D eigenvalue weighted by Crippen LogP contribution is -2.29. The summed E-state index contributed by atoms with van der Waals surface area (Å²) >= 11 is 1.28. The highest BCUT2D eigenvalue weighted by molar-refractivity contribution is 8.14. The van der Waals surface area contributed by atoms with Gasteiger partial charge in [-0.25, -0.2) is 5.43 Å². The van der Waals surface area contributed by atoms with E-state index in [2.05, 4.69) is 34.0 Å². The number of carbonyl (C=O) groups is 1. The molecule has 0 aliphatic carbocycles. The van der Waals surface area contributed by atoms with E-state index in [1.807, 2.05) is 6.92 Å². The van der Waals surface area contributed by atoms with Gasteiger partial charge in [0.25, 0.3) is 5.24 Å². The number of hydrazone groups is 1. The molecular weight excluding hydrogens is 258 g/mol. The molecule has 1 unspecified atom stereocenters. The fourth-order valence-corrected chi connectivity index (χ4v) is 3.24. The maximum absolute atomic E-state index is 11.3. The topological polar surface area (TPSA) is 53.5 Å². The van der Waals surface area contributed by atoms with Gasteiger partial charge in [-0.05, 0) is 37.8 Å². The van der Waals surface area contributed by atoms with Gasteiger partial charge in [0.2, 0.25) is 0 Å². The molecule has 19 heavy (non-hydrogen) atoms. The van der Waals surface area contributed by atoms with Crippen LogP contribution >= 0.6 is 11.8 Å². The number of hydrogen-bond acceptors (Lipinski definition) is 4. The van der Waals surface area contributed by atoms with Crippen LogP contribution in [0.2, 0.25) is 0 Å². The van der Waals surface area contributed by atoms with Crippen molar-refractivity contribution in [1.29, 1.82) is 0 Å². The Hall–Kier alpha value is -1.49. The number of amides is 1. The van der Waals surface area contributed by atoms with Crippen molar-refractivity contribution in [2.45, 2.75) is 31.4 Å². The summed E-state index contributed by atoms with van der Waals surface area (Å²) in [5.74, 6) is 0. The molecule has 4 nitrogen and oxygen atoms in total. The summed E-state index contributed by atoms with van der Waals surface area (Å²) in [7, 11) is 0. The van der Waals surface area contributed by atoms with Crippen molar-refractivity contribution in [2.24, 2.45) is 5.10 Å². The highest BCUT2D eigenvalue weighted by Crippen LogP contribution is 2.26. The molecule has 2 aliphatic rings. The van der Waals surface area contributed by atoms with E-state index < -0.39 is 0 Å². The summed E-state index contributed by atoms with van der Waals surface area (Å²) in [5.41, 5.74) is 7.17. The molecule has 100 valence electrons. The molecule has 2 heterocycles. The Kier molecular flexibility index (Phi) is 3.46. The van der Waals surface area contributed by atoms with Crippen LogP contribution < -0.4 is 10.7 Å². The molecule has 2 aliphatic heterocycles. The lowest BCUT2D eigenvalue weighted by molar-refractivity contribution is 0.261. The molecule has 0 aromatic heterocycles. The van der Waals surface area contributed by atoms with Crippen molar-refractivity contribution < 1.29 is 4.79 Å². The number of carbonyl (C=O) groups excluding carboxylic acids is 1. The second kappa shape index (κ2) is 5.25. The molecule has 0 saturated heterocycles. The Bertz CT molecular complexity index is 541. The number of nitrogens with one attached hydrogen (secondary N) is 2. The van der Waals surface area contributed by atoms with Gasteiger partial charge in [0.05, 0.1) is 11.0 Å². The van der Waals surface area contributed by atoms with Gasteiger partial charge in [-0.15, -0.1) is 0 Å². The van der Waals surface area contributed by atoms with E-state index in [-0.39, 0.29) is 10.5 Å². The van der Waals surface area contributed by atoms with Gasteiger partial charge in [-0.1, -0.05) is 23.9 Å². The molecule has 1 aromatic rings. The van der Waals surface area contributed by atoms with Gasteiger partial charge >= 0.3 is 0 Å². The van der Waals surface area contributed by atoms with Crippen LogP contribution in [0.3, 0.4) is 0 Å². The first kappa shape index (κ1) is 12.5. The molecule has 0 bridgehead atoms. The van der Waals surface area contributed by atoms with E-state index >= 15 is 0 Å². The number of aryl methyl sites for hydroxylation is 1. The summed E-state index contributed by atoms with van der Waals surface area (Å²) in [4.78, 5) is 11.3. The summed E-state index contributed by atoms with van der Waals surface area (Å²) in [5, 5.41) is 7.70. The lowest BCUT2D eigenvalue weighted by atomic mass is 10.0. The van der Waals surface area contributed by atoms with Gasteiger partial charge in [-0.2, -0.15) is 5.10 Å². The summed E-state index contributed by atoms with van der Waals surface area (Å²) in [6.45, 7) is 3.05. The summed E-state index contributed by atoms with van der Waals surface area (Å²) in [6.07, 6.45) is 3.59. The van der Waals surface area contributed by atoms with Gasteiger partial charge < -0.3 is 5.32 Å². The maximum Gasteiger partial charge on any atom is 0.299 e. The van der Waals surface area contributed by atoms with E-state index in [1.165, 1.54) is 35.9 Å². The predicted molar refractivity (Wildman–Crippen MR) is 80.0 cm³/mol. The molecule has 1 atom stereocenters. The zero-order valence-electron chi connectivity index (χ0n) is 10.9. The van der Waals surface area contributed by atoms with Crippen LogP contribution in [0, 0.1) is 0 Å². The average molecular weight is 275 g/mol. The number of hydrogen-bond donors (Lipinski definition) is 2. The SMILES string of the molecule is CC1SC(=O)NN=C1c1ccc2c(c1)NCCCC2. The maximum atomic E-state index is 11.3. The first-order valence-corrected chi connectivity index (χ1v) is 7.53. The third-order valence-corrected chi connectivity index (χ3v) is 4.41. The van der Waals surface area contributed by atoms with Crippen LogP contribution in [-0.4, -0.2) is 22.7 Å². The molecule has 5 heteroatoms. The molecule has 0 fully saturated rings. The number of anilines is 1. The van der Waals surface area contributed by atoms with E-state index in [9.17, 15) is 4.79 Å². The van der Waals surface area contributed by atoms with Crippen molar-refractivity contribution in [1.82, 2.24) is 5.43 Å². The Morgan fingerprint density at radius 1 is 1.37 bits per heavy atom. The minimum Gasteiger partial charge on any atom is -0.385 e. The van der Waals surface area contributed by atoms with Crippen molar-refractivity contribution >= 4 is 28.4 Å². The van der Waals surface area contributed by atoms with Crippen LogP contribution in [0.15, 0.2) is 23.3 Å². The number of thioether (sulfide) groups is 1. The number of rotatable bonds is 1. The van der Waals surface area contributed by atoms with Crippen LogP contribution in [0.5, 0.6) is 0 Å². The first-order valence-electron chi connectivity index (χ1n) is 6.65. The van der Waals surface area contributed by atoms with Gasteiger partial charge in [-0.3, -0.25) is 4.79 Å². The van der Waals surface area contributed by atoms with E-state index in [0.29, 0.717) is 0 Å². The Labute approximate surface area is 117 Å². The monoisotopic (exact) mass is 275 g/mol. The molecule has 2 N–H and O–H groups in total. The molecule has 0 spiro atoms. The summed E-state index contributed by atoms with van der Waals surface area (Å²) < 4.78 is 0. The van der Waals surface area contributed by atoms with Gasteiger partial charge in [0, 0.05) is 17.8 Å². The van der Waals surface area contributed by atoms with Gasteiger partial charge in [0.1, 0.15) is 0 Å². The third-order valence-electron chi connectivity index (χ3n) is 3.53. The number of fused-ring (bicyclic) bond motifs is 1. The Morgan fingerprint density at radius 2 is 2.26 bits per heavy atom. The summed E-state index contributed by atoms with van der Waals surface area (Å²) in [6, 6.07) is 6.45. The minimum atomic E-state index is -0.0795. The second-order valence-corrected chi connectivity index (χ2v) is 6.23. The standard InChI is InChI=1S/C14H17N3OS/c1-9-13(16-17-14(18)19-9)11-6-5-10-4-2-3-7-15-12(10)8-11/h5-6,8-9,15H,2-4,7H2,1H3,(H,17,18). The molecule has 0 radical (unpaired) electrons. The van der Waals surface area contributed by atoms with E-state index in [4.69, 9.17) is 0 Å². The quantitative estimate of drug-likeness (QED) is 0.828. The van der Waals surface area contributed by atoms with Crippen molar-refractivity contribution in [3.05, 3.63) is 29.3 Å². The second-order valence-electron chi connectivity index (χ2n) is 4.91. The fraction of sp³-hybridized carbons (Fsp3) is 0.429. The third kappa shape index (κ3) is 2.61. The fourth-order valence-electron chi connectivity index (χ4n) is 2.52. The molecule has 3 rings (SSSR count). The van der Waals surface area contributed by atoms with Crippen LogP contribution in [0.25, 0.3) is 0 Å². The van der Waals surface area contributed by atoms with E-state index in [0.717, 1.165) is 24.2 Å². The highest BCUT2D eigenvalue weighted by atomic mass is 32.2. The molecule has 0 saturated carbocycles. The molecule has 1 amide bonds. The zero-order chi connectivity index (χ0) is 13.2. The van der Waals surface area contributed by atoms with Gasteiger partial charge in [0.15, 0.2) is 0 Å². The van der Waals surface area contributed by atoms with Crippen molar-refractivity contribution in [3.8, 4) is 0 Å². The zero-order valence-corrected chi connectivity index (χ0v) is 11.7. The van der Waals surface area contributed by atoms with Crippen LogP contribution in [-0.2, 0) is 6.42 Å². The lowest BCUT2D eigenvalue weighted by Gasteiger charge is -2.19. The minimum absolute atomic E-state index is 0.0795. The number of nitrogens with zero attached hydrogens (tertiary/aromatic N) is 1. The molecule has 1 aromatic carbocycles. The predicted octanol–water partition coefficient (Wildman–Crippen LogP) is 2.98. The van der Waals surface area contributed by atoms with Crippen LogP contribution in [0.4, 0.5) is 10.5 Å².